The first-order chi connectivity index (χ1) is 10.1. The van der Waals surface area contributed by atoms with Gasteiger partial charge in [-0.15, -0.1) is 0 Å². The number of hydrogen-bond acceptors (Lipinski definition) is 5. The van der Waals surface area contributed by atoms with Crippen molar-refractivity contribution in [2.75, 3.05) is 31.1 Å². The number of carboxylic acids is 1. The molecule has 8 nitrogen and oxygen atoms in total. The van der Waals surface area contributed by atoms with Gasteiger partial charge in [-0.25, -0.2) is 9.59 Å². The lowest BCUT2D eigenvalue weighted by atomic mass is 10.3. The average Bonchev–Trinajstić information content (AvgIpc) is 2.43. The Kier molecular flexibility index (Phi) is 5.74. The maximum absolute atomic E-state index is 11.4. The quantitative estimate of drug-likeness (QED) is 0.619. The van der Waals surface area contributed by atoms with Crippen molar-refractivity contribution in [3.05, 3.63) is 26.9 Å². The van der Waals surface area contributed by atoms with Crippen LogP contribution in [0.3, 0.4) is 0 Å². The zero-order valence-corrected chi connectivity index (χ0v) is 11.6. The number of alkyl halides is 3. The standard InChI is InChI=1S/C9H14N4O2.C2HF3O2/c1-12-8(6-7(14)11-9(12)15)13-4-2-10-3-5-13;3-2(4,5)1(6)7/h6,10H,2-5H2,1H3,(H,11,14,15);(H,6,7). The molecule has 0 atom stereocenters. The molecule has 1 aromatic heterocycles. The Hall–Kier alpha value is -2.30. The number of carbonyl (C=O) groups is 1. The second-order valence-corrected chi connectivity index (χ2v) is 4.40. The maximum Gasteiger partial charge on any atom is 0.490 e. The fourth-order valence-electron chi connectivity index (χ4n) is 1.74. The van der Waals surface area contributed by atoms with Gasteiger partial charge in [0.05, 0.1) is 0 Å². The molecule has 0 bridgehead atoms. The van der Waals surface area contributed by atoms with E-state index in [9.17, 15) is 22.8 Å². The Balaban J connectivity index is 0.000000295. The molecule has 0 amide bonds. The molecule has 1 aromatic rings. The second-order valence-electron chi connectivity index (χ2n) is 4.40. The van der Waals surface area contributed by atoms with Crippen LogP contribution in [0, 0.1) is 0 Å². The third-order valence-corrected chi connectivity index (χ3v) is 2.82. The lowest BCUT2D eigenvalue weighted by Crippen LogP contribution is -2.46. The molecule has 2 rings (SSSR count). The van der Waals surface area contributed by atoms with E-state index in [2.05, 4.69) is 10.3 Å². The normalized spacial score (nSPS) is 15.0. The Morgan fingerprint density at radius 3 is 2.23 bits per heavy atom. The minimum atomic E-state index is -5.08. The molecule has 1 saturated heterocycles. The summed E-state index contributed by atoms with van der Waals surface area (Å²) in [4.78, 5) is 35.7. The zero-order valence-electron chi connectivity index (χ0n) is 11.6. The highest BCUT2D eigenvalue weighted by Crippen LogP contribution is 2.13. The van der Waals surface area contributed by atoms with Crippen LogP contribution in [0.25, 0.3) is 0 Å². The summed E-state index contributed by atoms with van der Waals surface area (Å²) in [5.41, 5.74) is -0.706. The predicted octanol–water partition coefficient (Wildman–Crippen LogP) is -0.883. The number of carboxylic acid groups (broad SMARTS) is 1. The van der Waals surface area contributed by atoms with Gasteiger partial charge >= 0.3 is 17.8 Å². The van der Waals surface area contributed by atoms with Crippen LogP contribution in [-0.2, 0) is 11.8 Å². The summed E-state index contributed by atoms with van der Waals surface area (Å²) >= 11 is 0. The van der Waals surface area contributed by atoms with Crippen molar-refractivity contribution < 1.29 is 23.1 Å². The lowest BCUT2D eigenvalue weighted by Gasteiger charge is -2.30. The first-order valence-electron chi connectivity index (χ1n) is 6.19. The van der Waals surface area contributed by atoms with Crippen LogP contribution >= 0.6 is 0 Å². The Bertz CT molecular complexity index is 631. The van der Waals surface area contributed by atoms with Gasteiger partial charge in [0, 0.05) is 39.3 Å². The molecule has 0 aliphatic carbocycles. The number of halogens is 3. The molecule has 0 aromatic carbocycles. The van der Waals surface area contributed by atoms with Crippen molar-refractivity contribution in [2.24, 2.45) is 7.05 Å². The molecule has 124 valence electrons. The maximum atomic E-state index is 11.4. The van der Waals surface area contributed by atoms with E-state index in [0.717, 1.165) is 26.2 Å². The summed E-state index contributed by atoms with van der Waals surface area (Å²) in [6.07, 6.45) is -5.08. The van der Waals surface area contributed by atoms with E-state index in [1.165, 1.54) is 10.6 Å². The van der Waals surface area contributed by atoms with E-state index >= 15 is 0 Å². The number of anilines is 1. The molecular weight excluding hydrogens is 309 g/mol. The van der Waals surface area contributed by atoms with Crippen LogP contribution in [0.15, 0.2) is 15.7 Å². The number of nitrogens with zero attached hydrogens (tertiary/aromatic N) is 2. The van der Waals surface area contributed by atoms with E-state index in [4.69, 9.17) is 9.90 Å². The predicted molar refractivity (Wildman–Crippen MR) is 71.1 cm³/mol. The number of aromatic amines is 1. The minimum absolute atomic E-state index is 0.341. The van der Waals surface area contributed by atoms with E-state index in [0.29, 0.717) is 5.82 Å². The molecule has 22 heavy (non-hydrogen) atoms. The molecule has 0 unspecified atom stereocenters. The zero-order chi connectivity index (χ0) is 16.9. The van der Waals surface area contributed by atoms with Gasteiger partial charge in [0.25, 0.3) is 5.56 Å². The third kappa shape index (κ3) is 4.91. The molecule has 0 radical (unpaired) electrons. The number of aliphatic carboxylic acids is 1. The Labute approximate surface area is 122 Å². The molecule has 11 heteroatoms. The summed E-state index contributed by atoms with van der Waals surface area (Å²) in [5, 5.41) is 10.3. The van der Waals surface area contributed by atoms with Gasteiger partial charge in [0.2, 0.25) is 0 Å². The summed E-state index contributed by atoms with van der Waals surface area (Å²) in [6.45, 7) is 3.38. The van der Waals surface area contributed by atoms with Gasteiger partial charge < -0.3 is 15.3 Å². The first-order valence-corrected chi connectivity index (χ1v) is 6.19. The molecule has 3 N–H and O–H groups in total. The monoisotopic (exact) mass is 324 g/mol. The number of nitrogens with one attached hydrogen (secondary N) is 2. The summed E-state index contributed by atoms with van der Waals surface area (Å²) in [7, 11) is 1.66. The van der Waals surface area contributed by atoms with Crippen molar-refractivity contribution >= 4 is 11.8 Å². The molecule has 2 heterocycles. The number of H-pyrrole nitrogens is 1. The van der Waals surface area contributed by atoms with E-state index in [1.54, 1.807) is 7.05 Å². The summed E-state index contributed by atoms with van der Waals surface area (Å²) < 4.78 is 33.2. The largest absolute Gasteiger partial charge is 0.490 e. The number of piperazine rings is 1. The van der Waals surface area contributed by atoms with Crippen LogP contribution in [0.5, 0.6) is 0 Å². The fraction of sp³-hybridized carbons (Fsp3) is 0.545. The first kappa shape index (κ1) is 17.8. The van der Waals surface area contributed by atoms with E-state index in [1.807, 2.05) is 4.90 Å². The molecule has 1 aliphatic heterocycles. The van der Waals surface area contributed by atoms with Gasteiger partial charge in [0.1, 0.15) is 5.82 Å². The molecular formula is C11H15F3N4O4. The summed E-state index contributed by atoms with van der Waals surface area (Å²) in [6, 6.07) is 1.46. The van der Waals surface area contributed by atoms with Crippen LogP contribution in [0.2, 0.25) is 0 Å². The second kappa shape index (κ2) is 7.11. The van der Waals surface area contributed by atoms with Crippen LogP contribution in [0.4, 0.5) is 19.0 Å². The van der Waals surface area contributed by atoms with Gasteiger partial charge in [0.15, 0.2) is 0 Å². The van der Waals surface area contributed by atoms with Crippen molar-refractivity contribution in [1.29, 1.82) is 0 Å². The number of rotatable bonds is 1. The van der Waals surface area contributed by atoms with Crippen molar-refractivity contribution in [1.82, 2.24) is 14.9 Å². The van der Waals surface area contributed by atoms with Crippen molar-refractivity contribution in [2.45, 2.75) is 6.18 Å². The Morgan fingerprint density at radius 1 is 1.27 bits per heavy atom. The van der Waals surface area contributed by atoms with Crippen molar-refractivity contribution in [3.63, 3.8) is 0 Å². The minimum Gasteiger partial charge on any atom is -0.475 e. The highest BCUT2D eigenvalue weighted by Gasteiger charge is 2.38. The molecule has 1 aliphatic rings. The van der Waals surface area contributed by atoms with Crippen molar-refractivity contribution in [3.8, 4) is 0 Å². The van der Waals surface area contributed by atoms with Gasteiger partial charge in [-0.05, 0) is 0 Å². The third-order valence-electron chi connectivity index (χ3n) is 2.82. The van der Waals surface area contributed by atoms with Crippen LogP contribution < -0.4 is 21.5 Å². The van der Waals surface area contributed by atoms with E-state index in [-0.39, 0.29) is 11.2 Å². The number of aromatic nitrogens is 2. The van der Waals surface area contributed by atoms with Gasteiger partial charge in [-0.3, -0.25) is 14.3 Å². The highest BCUT2D eigenvalue weighted by atomic mass is 19.4. The van der Waals surface area contributed by atoms with Gasteiger partial charge in [-0.2, -0.15) is 13.2 Å². The van der Waals surface area contributed by atoms with Crippen LogP contribution in [0.1, 0.15) is 0 Å². The molecule has 0 saturated carbocycles. The Morgan fingerprint density at radius 2 is 1.77 bits per heavy atom. The summed E-state index contributed by atoms with van der Waals surface area (Å²) in [5.74, 6) is -2.07. The number of hydrogen-bond donors (Lipinski definition) is 3. The smallest absolute Gasteiger partial charge is 0.475 e. The SMILES string of the molecule is Cn1c(N2CCNCC2)cc(=O)[nH]c1=O.O=C(O)C(F)(F)F. The van der Waals surface area contributed by atoms with E-state index < -0.39 is 12.1 Å². The molecule has 1 fully saturated rings. The van der Waals surface area contributed by atoms with Crippen LogP contribution in [-0.4, -0.2) is 53.0 Å². The molecule has 0 spiro atoms. The highest BCUT2D eigenvalue weighted by molar-refractivity contribution is 5.73. The topological polar surface area (TPSA) is 107 Å². The fourth-order valence-corrected chi connectivity index (χ4v) is 1.74. The average molecular weight is 324 g/mol. The lowest BCUT2D eigenvalue weighted by molar-refractivity contribution is -0.192. The van der Waals surface area contributed by atoms with Gasteiger partial charge in [-0.1, -0.05) is 0 Å².